The third-order valence-corrected chi connectivity index (χ3v) is 1.64. The van der Waals surface area contributed by atoms with Crippen LogP contribution in [0.15, 0.2) is 0 Å². The normalized spacial score (nSPS) is 14.2. The second-order valence-electron chi connectivity index (χ2n) is 2.93. The summed E-state index contributed by atoms with van der Waals surface area (Å²) in [5, 5.41) is 0. The van der Waals surface area contributed by atoms with Crippen LogP contribution in [0.5, 0.6) is 0 Å². The molecule has 6 heteroatoms. The first-order valence-electron chi connectivity index (χ1n) is 3.81. The number of hydrogen-bond acceptors (Lipinski definition) is 5. The molecule has 0 aliphatic carbocycles. The van der Waals surface area contributed by atoms with Crippen molar-refractivity contribution in [1.82, 2.24) is 0 Å². The van der Waals surface area contributed by atoms with Crippen LogP contribution in [0.2, 0.25) is 0 Å². The van der Waals surface area contributed by atoms with E-state index in [-0.39, 0.29) is 6.10 Å². The lowest BCUT2D eigenvalue weighted by molar-refractivity contribution is -0.154. The summed E-state index contributed by atoms with van der Waals surface area (Å²) < 4.78 is 30.3. The van der Waals surface area contributed by atoms with E-state index in [0.29, 0.717) is 0 Å². The standard InChI is InChI=1S/C7H14O5S/c1-5(2)11-7(8)6(3)12-13(4,9)10/h5-6H,1-4H3/t6-/m0/s1. The summed E-state index contributed by atoms with van der Waals surface area (Å²) in [4.78, 5) is 11.0. The Hall–Kier alpha value is -0.620. The first-order chi connectivity index (χ1) is 5.72. The number of esters is 1. The summed E-state index contributed by atoms with van der Waals surface area (Å²) in [7, 11) is -3.61. The second kappa shape index (κ2) is 4.57. The van der Waals surface area contributed by atoms with Gasteiger partial charge in [-0.1, -0.05) is 0 Å². The molecular formula is C7H14O5S. The van der Waals surface area contributed by atoms with E-state index in [2.05, 4.69) is 4.18 Å². The van der Waals surface area contributed by atoms with Crippen molar-refractivity contribution < 1.29 is 22.1 Å². The third kappa shape index (κ3) is 6.53. The van der Waals surface area contributed by atoms with Crippen molar-refractivity contribution in [2.75, 3.05) is 6.26 Å². The molecule has 0 aliphatic heterocycles. The fraction of sp³-hybridized carbons (Fsp3) is 0.857. The Morgan fingerprint density at radius 1 is 1.23 bits per heavy atom. The van der Waals surface area contributed by atoms with Gasteiger partial charge in [0.15, 0.2) is 6.10 Å². The first kappa shape index (κ1) is 12.4. The average Bonchev–Trinajstić information content (AvgIpc) is 1.81. The maximum atomic E-state index is 11.0. The summed E-state index contributed by atoms with van der Waals surface area (Å²) in [6.07, 6.45) is -0.484. The Labute approximate surface area is 78.2 Å². The van der Waals surface area contributed by atoms with Crippen molar-refractivity contribution >= 4 is 16.1 Å². The highest BCUT2D eigenvalue weighted by molar-refractivity contribution is 7.86. The molecule has 0 rings (SSSR count). The number of rotatable bonds is 4. The Bertz CT molecular complexity index is 267. The first-order valence-corrected chi connectivity index (χ1v) is 5.63. The number of carbonyl (C=O) groups is 1. The summed E-state index contributed by atoms with van der Waals surface area (Å²) in [5.74, 6) is -0.680. The van der Waals surface area contributed by atoms with Gasteiger partial charge in [0.1, 0.15) is 0 Å². The monoisotopic (exact) mass is 210 g/mol. The fourth-order valence-electron chi connectivity index (χ4n) is 0.630. The Kier molecular flexibility index (Phi) is 4.35. The minimum atomic E-state index is -3.61. The largest absolute Gasteiger partial charge is 0.461 e. The summed E-state index contributed by atoms with van der Waals surface area (Å²) >= 11 is 0. The molecule has 0 heterocycles. The molecule has 1 atom stereocenters. The lowest BCUT2D eigenvalue weighted by Gasteiger charge is -2.12. The van der Waals surface area contributed by atoms with Crippen LogP contribution in [0.1, 0.15) is 20.8 Å². The van der Waals surface area contributed by atoms with E-state index in [9.17, 15) is 13.2 Å². The predicted octanol–water partition coefficient (Wildman–Crippen LogP) is 0.303. The van der Waals surface area contributed by atoms with Crippen molar-refractivity contribution in [2.24, 2.45) is 0 Å². The molecule has 0 unspecified atom stereocenters. The van der Waals surface area contributed by atoms with E-state index in [1.165, 1.54) is 6.92 Å². The lowest BCUT2D eigenvalue weighted by Crippen LogP contribution is -2.27. The molecule has 0 aromatic rings. The van der Waals surface area contributed by atoms with Gasteiger partial charge in [-0.05, 0) is 20.8 Å². The Balaban J connectivity index is 4.13. The van der Waals surface area contributed by atoms with Gasteiger partial charge in [-0.25, -0.2) is 4.79 Å². The second-order valence-corrected chi connectivity index (χ2v) is 4.53. The van der Waals surface area contributed by atoms with Crippen LogP contribution in [0, 0.1) is 0 Å². The molecule has 0 bridgehead atoms. The topological polar surface area (TPSA) is 69.7 Å². The van der Waals surface area contributed by atoms with Gasteiger partial charge in [0, 0.05) is 0 Å². The van der Waals surface area contributed by atoms with Crippen LogP contribution >= 0.6 is 0 Å². The molecule has 0 amide bonds. The van der Waals surface area contributed by atoms with Crippen LogP contribution in [0.3, 0.4) is 0 Å². The molecule has 0 aromatic carbocycles. The van der Waals surface area contributed by atoms with E-state index >= 15 is 0 Å². The molecule has 13 heavy (non-hydrogen) atoms. The van der Waals surface area contributed by atoms with Crippen molar-refractivity contribution in [3.63, 3.8) is 0 Å². The Morgan fingerprint density at radius 3 is 2.00 bits per heavy atom. The van der Waals surface area contributed by atoms with Crippen LogP contribution in [-0.2, 0) is 23.8 Å². The van der Waals surface area contributed by atoms with Gasteiger partial charge in [-0.15, -0.1) is 0 Å². The average molecular weight is 210 g/mol. The summed E-state index contributed by atoms with van der Waals surface area (Å²) in [6.45, 7) is 4.67. The lowest BCUT2D eigenvalue weighted by atomic mass is 10.4. The Morgan fingerprint density at radius 2 is 1.69 bits per heavy atom. The molecule has 0 N–H and O–H groups in total. The maximum absolute atomic E-state index is 11.0. The third-order valence-electron chi connectivity index (χ3n) is 1.00. The van der Waals surface area contributed by atoms with E-state index in [1.807, 2.05) is 0 Å². The van der Waals surface area contributed by atoms with E-state index in [1.54, 1.807) is 13.8 Å². The van der Waals surface area contributed by atoms with Crippen molar-refractivity contribution in [1.29, 1.82) is 0 Å². The van der Waals surface area contributed by atoms with Gasteiger partial charge < -0.3 is 4.74 Å². The molecule has 0 aromatic heterocycles. The minimum absolute atomic E-state index is 0.280. The van der Waals surface area contributed by atoms with E-state index in [4.69, 9.17) is 4.74 Å². The van der Waals surface area contributed by atoms with Gasteiger partial charge >= 0.3 is 5.97 Å². The molecule has 0 saturated carbocycles. The summed E-state index contributed by atoms with van der Waals surface area (Å²) in [6, 6.07) is 0. The quantitative estimate of drug-likeness (QED) is 0.493. The molecule has 0 radical (unpaired) electrons. The van der Waals surface area contributed by atoms with E-state index < -0.39 is 22.2 Å². The molecule has 78 valence electrons. The van der Waals surface area contributed by atoms with Crippen LogP contribution in [-0.4, -0.2) is 32.9 Å². The smallest absolute Gasteiger partial charge is 0.336 e. The van der Waals surface area contributed by atoms with Crippen LogP contribution in [0.4, 0.5) is 0 Å². The fourth-order valence-corrected chi connectivity index (χ4v) is 1.23. The number of ether oxygens (including phenoxy) is 1. The molecule has 0 aliphatic rings. The zero-order valence-electron chi connectivity index (χ0n) is 8.10. The predicted molar refractivity (Wildman–Crippen MR) is 46.6 cm³/mol. The zero-order valence-corrected chi connectivity index (χ0v) is 8.92. The van der Waals surface area contributed by atoms with Gasteiger partial charge in [0.05, 0.1) is 12.4 Å². The molecule has 0 fully saturated rings. The highest BCUT2D eigenvalue weighted by atomic mass is 32.2. The molecule has 0 spiro atoms. The van der Waals surface area contributed by atoms with Crippen molar-refractivity contribution in [3.05, 3.63) is 0 Å². The van der Waals surface area contributed by atoms with Gasteiger partial charge in [0.2, 0.25) is 0 Å². The van der Waals surface area contributed by atoms with Gasteiger partial charge in [0.25, 0.3) is 10.1 Å². The van der Waals surface area contributed by atoms with Gasteiger partial charge in [-0.3, -0.25) is 4.18 Å². The van der Waals surface area contributed by atoms with E-state index in [0.717, 1.165) is 6.26 Å². The maximum Gasteiger partial charge on any atom is 0.336 e. The molecule has 5 nitrogen and oxygen atoms in total. The van der Waals surface area contributed by atoms with Crippen LogP contribution in [0.25, 0.3) is 0 Å². The molecule has 0 saturated heterocycles. The molecular weight excluding hydrogens is 196 g/mol. The highest BCUT2D eigenvalue weighted by Crippen LogP contribution is 2.01. The highest BCUT2D eigenvalue weighted by Gasteiger charge is 2.20. The zero-order chi connectivity index (χ0) is 10.6. The SMILES string of the molecule is CC(C)OC(=O)[C@H](C)OS(C)(=O)=O. The van der Waals surface area contributed by atoms with Gasteiger partial charge in [-0.2, -0.15) is 8.42 Å². The van der Waals surface area contributed by atoms with Crippen molar-refractivity contribution in [3.8, 4) is 0 Å². The summed E-state index contributed by atoms with van der Waals surface area (Å²) in [5.41, 5.74) is 0. The van der Waals surface area contributed by atoms with Crippen LogP contribution < -0.4 is 0 Å². The number of hydrogen-bond donors (Lipinski definition) is 0. The van der Waals surface area contributed by atoms with Crippen molar-refractivity contribution in [2.45, 2.75) is 33.0 Å². The number of carbonyl (C=O) groups excluding carboxylic acids is 1. The minimum Gasteiger partial charge on any atom is -0.461 e.